The highest BCUT2D eigenvalue weighted by Crippen LogP contribution is 2.57. The number of hydrazine groups is 2. The quantitative estimate of drug-likeness (QED) is 0.571. The van der Waals surface area contributed by atoms with Gasteiger partial charge in [-0.05, 0) is 24.3 Å². The van der Waals surface area contributed by atoms with E-state index in [2.05, 4.69) is 10.9 Å². The summed E-state index contributed by atoms with van der Waals surface area (Å²) in [4.78, 5) is 53.1. The van der Waals surface area contributed by atoms with Crippen molar-refractivity contribution in [3.05, 3.63) is 72.8 Å². The van der Waals surface area contributed by atoms with Crippen molar-refractivity contribution < 1.29 is 19.2 Å². The third-order valence-corrected chi connectivity index (χ3v) is 7.04. The predicted octanol–water partition coefficient (Wildman–Crippen LogP) is 2.06. The van der Waals surface area contributed by atoms with Crippen molar-refractivity contribution in [3.8, 4) is 0 Å². The topological polar surface area (TPSA) is 98.8 Å². The van der Waals surface area contributed by atoms with Gasteiger partial charge in [-0.25, -0.2) is 0 Å². The fourth-order valence-electron chi connectivity index (χ4n) is 5.73. The third kappa shape index (κ3) is 2.49. The van der Waals surface area contributed by atoms with Gasteiger partial charge in [0.05, 0.1) is 35.0 Å². The zero-order chi connectivity index (χ0) is 22.0. The van der Waals surface area contributed by atoms with Gasteiger partial charge < -0.3 is 0 Å². The fraction of sp³-hybridized carbons (Fsp3) is 0.250. The molecule has 1 saturated carbocycles. The van der Waals surface area contributed by atoms with E-state index in [9.17, 15) is 19.2 Å². The van der Waals surface area contributed by atoms with Gasteiger partial charge in [-0.3, -0.25) is 30.0 Å². The molecule has 2 bridgehead atoms. The Kier molecular flexibility index (Phi) is 3.98. The van der Waals surface area contributed by atoms with Gasteiger partial charge in [0.15, 0.2) is 0 Å². The van der Waals surface area contributed by atoms with E-state index < -0.39 is 35.5 Å². The summed E-state index contributed by atoms with van der Waals surface area (Å²) < 4.78 is 0. The monoisotopic (exact) mass is 428 g/mol. The van der Waals surface area contributed by atoms with E-state index in [1.165, 1.54) is 0 Å². The number of nitrogens with zero attached hydrogens (tertiary/aromatic N) is 2. The van der Waals surface area contributed by atoms with Gasteiger partial charge in [-0.2, -0.15) is 10.0 Å². The average Bonchev–Trinajstić information content (AvgIpc) is 3.24. The summed E-state index contributed by atoms with van der Waals surface area (Å²) in [6.07, 6.45) is 3.70. The summed E-state index contributed by atoms with van der Waals surface area (Å²) in [5, 5.41) is 2.13. The Morgan fingerprint density at radius 2 is 0.812 bits per heavy atom. The Morgan fingerprint density at radius 1 is 0.500 bits per heavy atom. The molecule has 0 aromatic heterocycles. The van der Waals surface area contributed by atoms with Crippen molar-refractivity contribution in [2.45, 2.75) is 0 Å². The van der Waals surface area contributed by atoms with Gasteiger partial charge in [0.2, 0.25) is 0 Å². The SMILES string of the molecule is O=C1C2C3C=CC(C2C(=O)N1Nc1ccccc1)C1C(=O)N(Nc2ccccc2)C(=O)C31. The Bertz CT molecular complexity index is 1030. The highest BCUT2D eigenvalue weighted by atomic mass is 16.2. The number of allylic oxidation sites excluding steroid dienone is 2. The number of carbonyl (C=O) groups excluding carboxylic acids is 4. The van der Waals surface area contributed by atoms with Crippen LogP contribution in [0.15, 0.2) is 72.8 Å². The molecule has 0 radical (unpaired) electrons. The molecule has 160 valence electrons. The summed E-state index contributed by atoms with van der Waals surface area (Å²) in [5.41, 5.74) is 7.07. The van der Waals surface area contributed by atoms with Crippen LogP contribution in [-0.2, 0) is 19.2 Å². The van der Waals surface area contributed by atoms with E-state index in [1.54, 1.807) is 24.3 Å². The maximum atomic E-state index is 13.3. The number of benzene rings is 2. The van der Waals surface area contributed by atoms with Crippen LogP contribution >= 0.6 is 0 Å². The van der Waals surface area contributed by atoms with Crippen molar-refractivity contribution in [2.75, 3.05) is 10.9 Å². The Hall–Kier alpha value is -3.94. The van der Waals surface area contributed by atoms with E-state index in [0.29, 0.717) is 11.4 Å². The molecule has 7 rings (SSSR count). The molecule has 32 heavy (non-hydrogen) atoms. The first-order chi connectivity index (χ1) is 15.6. The standard InChI is InChI=1S/C24H20N4O4/c29-21-17-15-11-12-16(18(17)22(30)27(21)25-13-7-3-1-4-8-13)20-19(15)23(31)28(24(20)32)26-14-9-5-2-6-10-14/h1-12,15-20,25-26H. The number of hydrogen-bond acceptors (Lipinski definition) is 6. The van der Waals surface area contributed by atoms with E-state index in [0.717, 1.165) is 10.0 Å². The van der Waals surface area contributed by atoms with Gasteiger partial charge in [0, 0.05) is 11.8 Å². The molecular weight excluding hydrogens is 408 g/mol. The first-order valence-electron chi connectivity index (χ1n) is 10.6. The number of para-hydroxylation sites is 2. The smallest absolute Gasteiger partial charge is 0.252 e. The van der Waals surface area contributed by atoms with Gasteiger partial charge in [-0.15, -0.1) is 0 Å². The molecule has 3 fully saturated rings. The summed E-state index contributed by atoms with van der Waals surface area (Å²) in [6, 6.07) is 18.0. The van der Waals surface area contributed by atoms with Gasteiger partial charge >= 0.3 is 0 Å². The lowest BCUT2D eigenvalue weighted by Crippen LogP contribution is -2.50. The van der Waals surface area contributed by atoms with Crippen molar-refractivity contribution in [1.29, 1.82) is 0 Å². The zero-order valence-electron chi connectivity index (χ0n) is 16.9. The Balaban J connectivity index is 1.31. The molecule has 2 aromatic rings. The lowest BCUT2D eigenvalue weighted by Gasteiger charge is -2.44. The molecule has 8 nitrogen and oxygen atoms in total. The largest absolute Gasteiger partial charge is 0.289 e. The molecule has 0 spiro atoms. The molecule has 3 aliphatic carbocycles. The number of hydrogen-bond donors (Lipinski definition) is 2. The van der Waals surface area contributed by atoms with E-state index in [-0.39, 0.29) is 23.6 Å². The highest BCUT2D eigenvalue weighted by molar-refractivity contribution is 6.11. The molecule has 5 aliphatic rings. The minimum atomic E-state index is -0.650. The summed E-state index contributed by atoms with van der Waals surface area (Å²) in [6.45, 7) is 0. The normalized spacial score (nSPS) is 32.4. The lowest BCUT2D eigenvalue weighted by atomic mass is 9.54. The van der Waals surface area contributed by atoms with Crippen LogP contribution in [0.1, 0.15) is 0 Å². The molecule has 4 atom stereocenters. The molecular formula is C24H20N4O4. The average molecular weight is 428 g/mol. The van der Waals surface area contributed by atoms with Crippen molar-refractivity contribution in [1.82, 2.24) is 10.0 Å². The molecule has 2 aliphatic heterocycles. The van der Waals surface area contributed by atoms with Gasteiger partial charge in [0.25, 0.3) is 23.6 Å². The minimum absolute atomic E-state index is 0.351. The number of amides is 4. The van der Waals surface area contributed by atoms with Crippen molar-refractivity contribution in [2.24, 2.45) is 35.5 Å². The molecule has 2 saturated heterocycles. The molecule has 4 amide bonds. The van der Waals surface area contributed by atoms with Crippen molar-refractivity contribution >= 4 is 35.0 Å². The van der Waals surface area contributed by atoms with Crippen LogP contribution in [0, 0.1) is 35.5 Å². The second-order valence-corrected chi connectivity index (χ2v) is 8.62. The number of nitrogens with one attached hydrogen (secondary N) is 2. The predicted molar refractivity (Wildman–Crippen MR) is 114 cm³/mol. The first-order valence-corrected chi connectivity index (χ1v) is 10.6. The van der Waals surface area contributed by atoms with Crippen LogP contribution in [0.5, 0.6) is 0 Å². The van der Waals surface area contributed by atoms with Gasteiger partial charge in [-0.1, -0.05) is 48.6 Å². The van der Waals surface area contributed by atoms with Crippen LogP contribution in [-0.4, -0.2) is 33.6 Å². The zero-order valence-corrected chi connectivity index (χ0v) is 16.9. The lowest BCUT2D eigenvalue weighted by molar-refractivity contribution is -0.138. The van der Waals surface area contributed by atoms with Crippen LogP contribution in [0.2, 0.25) is 0 Å². The second kappa shape index (κ2) is 6.78. The van der Waals surface area contributed by atoms with E-state index in [4.69, 9.17) is 0 Å². The molecule has 2 N–H and O–H groups in total. The molecule has 4 unspecified atom stereocenters. The number of anilines is 2. The van der Waals surface area contributed by atoms with Crippen LogP contribution in [0.25, 0.3) is 0 Å². The van der Waals surface area contributed by atoms with E-state index in [1.807, 2.05) is 48.6 Å². The summed E-state index contributed by atoms with van der Waals surface area (Å²) in [7, 11) is 0. The fourth-order valence-corrected chi connectivity index (χ4v) is 5.73. The van der Waals surface area contributed by atoms with Crippen LogP contribution in [0.4, 0.5) is 11.4 Å². The minimum Gasteiger partial charge on any atom is -0.289 e. The molecule has 8 heteroatoms. The maximum Gasteiger partial charge on any atom is 0.252 e. The summed E-state index contributed by atoms with van der Waals surface area (Å²) in [5.74, 6) is -4.99. The number of carbonyl (C=O) groups is 4. The Labute approximate surface area is 183 Å². The van der Waals surface area contributed by atoms with Crippen LogP contribution < -0.4 is 10.9 Å². The van der Waals surface area contributed by atoms with Crippen LogP contribution in [0.3, 0.4) is 0 Å². The number of rotatable bonds is 4. The van der Waals surface area contributed by atoms with Crippen molar-refractivity contribution in [3.63, 3.8) is 0 Å². The molecule has 2 heterocycles. The van der Waals surface area contributed by atoms with Gasteiger partial charge in [0.1, 0.15) is 0 Å². The maximum absolute atomic E-state index is 13.3. The second-order valence-electron chi connectivity index (χ2n) is 8.62. The third-order valence-electron chi connectivity index (χ3n) is 7.04. The highest BCUT2D eigenvalue weighted by Gasteiger charge is 2.69. The number of imide groups is 2. The van der Waals surface area contributed by atoms with E-state index >= 15 is 0 Å². The Morgan fingerprint density at radius 3 is 1.12 bits per heavy atom. The first kappa shape index (κ1) is 18.8. The summed E-state index contributed by atoms with van der Waals surface area (Å²) >= 11 is 0. The molecule has 2 aromatic carbocycles.